The Morgan fingerprint density at radius 2 is 0.741 bits per heavy atom. The molecule has 12 nitrogen and oxygen atoms in total. The predicted octanol–water partition coefficient (Wildman–Crippen LogP) is 7.27. The number of esters is 2. The van der Waals surface area contributed by atoms with Crippen LogP contribution in [0.15, 0.2) is 72.8 Å². The van der Waals surface area contributed by atoms with Gasteiger partial charge in [0.25, 0.3) is 0 Å². The van der Waals surface area contributed by atoms with E-state index in [0.29, 0.717) is 82.8 Å². The fourth-order valence-electron chi connectivity index (χ4n) is 6.15. The first-order valence-corrected chi connectivity index (χ1v) is 17.4. The second-order valence-corrected chi connectivity index (χ2v) is 12.4. The molecule has 0 bridgehead atoms. The van der Waals surface area contributed by atoms with Crippen LogP contribution in [-0.4, -0.2) is 82.0 Å². The van der Waals surface area contributed by atoms with E-state index in [1.165, 1.54) is 28.4 Å². The van der Waals surface area contributed by atoms with Gasteiger partial charge in [-0.2, -0.15) is 0 Å². The molecule has 0 aliphatic heterocycles. The normalized spacial score (nSPS) is 11.8. The number of hydrogen-bond acceptors (Lipinski definition) is 12. The molecule has 54 heavy (non-hydrogen) atoms. The maximum Gasteiger partial charge on any atom is 0.338 e. The Hall–Kier alpha value is -5.78. The van der Waals surface area contributed by atoms with Crippen LogP contribution in [0.2, 0.25) is 0 Å². The number of ether oxygens (including phenoxy) is 10. The summed E-state index contributed by atoms with van der Waals surface area (Å²) in [6.45, 7) is 0.229. The van der Waals surface area contributed by atoms with Gasteiger partial charge in [-0.15, -0.1) is 0 Å². The van der Waals surface area contributed by atoms with E-state index in [1.54, 1.807) is 70.9 Å². The molecule has 0 saturated carbocycles. The minimum atomic E-state index is -0.523. The first-order chi connectivity index (χ1) is 26.1. The Morgan fingerprint density at radius 3 is 1.09 bits per heavy atom. The van der Waals surface area contributed by atoms with Gasteiger partial charge in [-0.1, -0.05) is 0 Å². The molecular weight excluding hydrogens is 696 g/mol. The van der Waals surface area contributed by atoms with E-state index in [0.717, 1.165) is 11.1 Å². The quantitative estimate of drug-likeness (QED) is 0.0629. The van der Waals surface area contributed by atoms with Crippen molar-refractivity contribution in [2.24, 2.45) is 11.8 Å². The van der Waals surface area contributed by atoms with Crippen LogP contribution in [0.25, 0.3) is 0 Å². The lowest BCUT2D eigenvalue weighted by Crippen LogP contribution is -2.27. The van der Waals surface area contributed by atoms with Crippen molar-refractivity contribution in [2.45, 2.75) is 25.7 Å². The number of hydrogen-bond donors (Lipinski definition) is 0. The topological polar surface area (TPSA) is 126 Å². The lowest BCUT2D eigenvalue weighted by atomic mass is 9.80. The summed E-state index contributed by atoms with van der Waals surface area (Å²) in [7, 11) is 12.5. The fraction of sp³-hybridized carbons (Fsp3) is 0.381. The van der Waals surface area contributed by atoms with E-state index in [-0.39, 0.29) is 25.0 Å². The SMILES string of the molecule is COc1cc(C[C@H](CCCOC(=O)c2cc(OC)cc(OC)c2)[C@@H](COC(=O)c2cc(OC)cc(OC)c2)Cc2cc(OC)cc(OC)c2)cc(OC)c1. The Kier molecular flexibility index (Phi) is 15.5. The average Bonchev–Trinajstić information content (AvgIpc) is 3.22. The molecule has 0 N–H and O–H groups in total. The van der Waals surface area contributed by atoms with Crippen LogP contribution in [0.4, 0.5) is 0 Å². The van der Waals surface area contributed by atoms with Gasteiger partial charge in [0.15, 0.2) is 0 Å². The minimum Gasteiger partial charge on any atom is -0.497 e. The summed E-state index contributed by atoms with van der Waals surface area (Å²) in [5.74, 6) is 3.16. The molecule has 4 rings (SSSR count). The second-order valence-electron chi connectivity index (χ2n) is 12.4. The lowest BCUT2D eigenvalue weighted by Gasteiger charge is -2.28. The van der Waals surface area contributed by atoms with Crippen molar-refractivity contribution >= 4 is 11.9 Å². The molecule has 0 aliphatic rings. The summed E-state index contributed by atoms with van der Waals surface area (Å²) in [4.78, 5) is 26.7. The summed E-state index contributed by atoms with van der Waals surface area (Å²) < 4.78 is 55.5. The van der Waals surface area contributed by atoms with Crippen molar-refractivity contribution in [1.29, 1.82) is 0 Å². The van der Waals surface area contributed by atoms with Crippen molar-refractivity contribution in [3.63, 3.8) is 0 Å². The van der Waals surface area contributed by atoms with E-state index >= 15 is 0 Å². The number of methoxy groups -OCH3 is 8. The Labute approximate surface area is 317 Å². The summed E-state index contributed by atoms with van der Waals surface area (Å²) in [5, 5.41) is 0. The van der Waals surface area contributed by atoms with Gasteiger partial charge < -0.3 is 47.4 Å². The maximum atomic E-state index is 13.6. The van der Waals surface area contributed by atoms with Gasteiger partial charge in [-0.3, -0.25) is 0 Å². The molecule has 0 spiro atoms. The van der Waals surface area contributed by atoms with E-state index in [4.69, 9.17) is 47.4 Å². The third-order valence-electron chi connectivity index (χ3n) is 9.04. The van der Waals surface area contributed by atoms with Crippen molar-refractivity contribution < 1.29 is 57.0 Å². The summed E-state index contributed by atoms with van der Waals surface area (Å²) >= 11 is 0. The molecule has 0 aromatic heterocycles. The summed E-state index contributed by atoms with van der Waals surface area (Å²) in [6, 6.07) is 21.2. The fourth-order valence-corrected chi connectivity index (χ4v) is 6.15. The Bertz CT molecular complexity index is 1750. The third kappa shape index (κ3) is 11.6. The molecule has 4 aromatic carbocycles. The van der Waals surface area contributed by atoms with Gasteiger partial charge in [-0.05, 0) is 91.3 Å². The van der Waals surface area contributed by atoms with Crippen molar-refractivity contribution in [3.8, 4) is 46.0 Å². The molecule has 0 unspecified atom stereocenters. The molecule has 290 valence electrons. The highest BCUT2D eigenvalue weighted by atomic mass is 16.5. The highest BCUT2D eigenvalue weighted by molar-refractivity contribution is 5.91. The van der Waals surface area contributed by atoms with Gasteiger partial charge in [-0.25, -0.2) is 9.59 Å². The molecule has 0 radical (unpaired) electrons. The lowest BCUT2D eigenvalue weighted by molar-refractivity contribution is 0.0361. The Balaban J connectivity index is 1.65. The number of carbonyl (C=O) groups is 2. The summed E-state index contributed by atoms with van der Waals surface area (Å²) in [5.41, 5.74) is 2.51. The van der Waals surface area contributed by atoms with Gasteiger partial charge in [0.05, 0.1) is 81.2 Å². The molecular formula is C42H50O12. The number of rotatable bonds is 21. The smallest absolute Gasteiger partial charge is 0.338 e. The maximum absolute atomic E-state index is 13.6. The van der Waals surface area contributed by atoms with Crippen LogP contribution in [0.3, 0.4) is 0 Å². The van der Waals surface area contributed by atoms with Crippen molar-refractivity contribution in [3.05, 3.63) is 95.1 Å². The van der Waals surface area contributed by atoms with Gasteiger partial charge in [0.1, 0.15) is 46.0 Å². The van der Waals surface area contributed by atoms with Crippen LogP contribution in [0.5, 0.6) is 46.0 Å². The Morgan fingerprint density at radius 1 is 0.426 bits per heavy atom. The molecule has 4 aromatic rings. The number of benzene rings is 4. The zero-order valence-corrected chi connectivity index (χ0v) is 32.2. The minimum absolute atomic E-state index is 0.0764. The largest absolute Gasteiger partial charge is 0.497 e. The first-order valence-electron chi connectivity index (χ1n) is 17.4. The zero-order chi connectivity index (χ0) is 39.0. The standard InChI is InChI=1S/C42H50O12/c1-45-33-14-27(15-34(22-33)46-2)12-29(10-9-11-53-41(43)30-18-37(49-5)24-38(19-30)50-6)32(13-28-16-35(47-3)23-36(17-28)48-4)26-54-42(44)31-20-39(51-7)25-40(21-31)52-8/h14-25,29,32H,9-13,26H2,1-8H3/t29-,32+/m0/s1. The summed E-state index contributed by atoms with van der Waals surface area (Å²) in [6.07, 6.45) is 2.23. The third-order valence-corrected chi connectivity index (χ3v) is 9.04. The van der Waals surface area contributed by atoms with E-state index < -0.39 is 11.9 Å². The highest BCUT2D eigenvalue weighted by Crippen LogP contribution is 2.33. The van der Waals surface area contributed by atoms with Crippen molar-refractivity contribution in [1.82, 2.24) is 0 Å². The highest BCUT2D eigenvalue weighted by Gasteiger charge is 2.26. The van der Waals surface area contributed by atoms with E-state index in [1.807, 2.05) is 30.3 Å². The zero-order valence-electron chi connectivity index (χ0n) is 32.2. The van der Waals surface area contributed by atoms with Crippen molar-refractivity contribution in [2.75, 3.05) is 70.1 Å². The van der Waals surface area contributed by atoms with E-state index in [9.17, 15) is 9.59 Å². The predicted molar refractivity (Wildman–Crippen MR) is 202 cm³/mol. The first kappa shape index (κ1) is 41.0. The molecule has 0 amide bonds. The average molecular weight is 747 g/mol. The van der Waals surface area contributed by atoms with Crippen LogP contribution < -0.4 is 37.9 Å². The van der Waals surface area contributed by atoms with Crippen LogP contribution in [0.1, 0.15) is 44.7 Å². The molecule has 0 aliphatic carbocycles. The van der Waals surface area contributed by atoms with Gasteiger partial charge in [0.2, 0.25) is 0 Å². The van der Waals surface area contributed by atoms with Crippen LogP contribution >= 0.6 is 0 Å². The molecule has 0 fully saturated rings. The second kappa shape index (κ2) is 20.5. The van der Waals surface area contributed by atoms with E-state index in [2.05, 4.69) is 0 Å². The molecule has 0 saturated heterocycles. The van der Waals surface area contributed by atoms with Crippen LogP contribution in [-0.2, 0) is 22.3 Å². The molecule has 12 heteroatoms. The van der Waals surface area contributed by atoms with Gasteiger partial charge in [0, 0.05) is 30.2 Å². The molecule has 2 atom stereocenters. The van der Waals surface area contributed by atoms with Crippen LogP contribution in [0, 0.1) is 11.8 Å². The monoisotopic (exact) mass is 746 g/mol. The number of carbonyl (C=O) groups excluding carboxylic acids is 2. The molecule has 0 heterocycles. The van der Waals surface area contributed by atoms with Gasteiger partial charge >= 0.3 is 11.9 Å².